The molecule has 0 aliphatic heterocycles. The van der Waals surface area contributed by atoms with Gasteiger partial charge in [-0.05, 0) is 42.0 Å². The molecule has 1 heteroatoms. The molecule has 0 heterocycles. The Morgan fingerprint density at radius 2 is 1.87 bits per heavy atom. The molecular formula is C14H18O. The van der Waals surface area contributed by atoms with E-state index in [0.717, 1.165) is 23.8 Å². The van der Waals surface area contributed by atoms with Crippen LogP contribution in [-0.4, -0.2) is 6.29 Å². The van der Waals surface area contributed by atoms with Gasteiger partial charge in [0.2, 0.25) is 0 Å². The van der Waals surface area contributed by atoms with Crippen molar-refractivity contribution in [3.63, 3.8) is 0 Å². The van der Waals surface area contributed by atoms with E-state index >= 15 is 0 Å². The van der Waals surface area contributed by atoms with Crippen molar-refractivity contribution in [1.82, 2.24) is 0 Å². The number of aldehydes is 1. The summed E-state index contributed by atoms with van der Waals surface area (Å²) < 4.78 is 0. The Bertz CT molecular complexity index is 344. The van der Waals surface area contributed by atoms with Crippen molar-refractivity contribution in [3.05, 3.63) is 41.5 Å². The summed E-state index contributed by atoms with van der Waals surface area (Å²) in [5.41, 5.74) is 3.49. The molecule has 0 amide bonds. The fraction of sp³-hybridized carbons (Fsp3) is 0.357. The molecule has 0 bridgehead atoms. The molecule has 1 aromatic carbocycles. The van der Waals surface area contributed by atoms with Crippen LogP contribution in [0.5, 0.6) is 0 Å². The van der Waals surface area contributed by atoms with Crippen molar-refractivity contribution >= 4 is 11.9 Å². The van der Waals surface area contributed by atoms with Crippen LogP contribution in [0.4, 0.5) is 0 Å². The van der Waals surface area contributed by atoms with Gasteiger partial charge in [-0.1, -0.05) is 38.1 Å². The van der Waals surface area contributed by atoms with E-state index in [1.165, 1.54) is 5.56 Å². The number of carbonyl (C=O) groups excluding carboxylic acids is 1. The van der Waals surface area contributed by atoms with E-state index in [1.54, 1.807) is 6.08 Å². The summed E-state index contributed by atoms with van der Waals surface area (Å²) in [4.78, 5) is 10.3. The van der Waals surface area contributed by atoms with E-state index in [1.807, 2.05) is 6.92 Å². The van der Waals surface area contributed by atoms with Gasteiger partial charge < -0.3 is 0 Å². The van der Waals surface area contributed by atoms with Gasteiger partial charge in [-0.25, -0.2) is 0 Å². The van der Waals surface area contributed by atoms with Gasteiger partial charge in [0.15, 0.2) is 0 Å². The minimum atomic E-state index is 0.683. The number of hydrogen-bond donors (Lipinski definition) is 0. The van der Waals surface area contributed by atoms with Gasteiger partial charge in [0, 0.05) is 0 Å². The van der Waals surface area contributed by atoms with E-state index in [-0.39, 0.29) is 0 Å². The molecule has 0 atom stereocenters. The molecule has 1 aromatic rings. The van der Waals surface area contributed by atoms with Crippen LogP contribution in [-0.2, 0) is 11.2 Å². The van der Waals surface area contributed by atoms with Crippen molar-refractivity contribution in [2.24, 2.45) is 5.92 Å². The molecule has 0 unspecified atom stereocenters. The van der Waals surface area contributed by atoms with Gasteiger partial charge in [0.25, 0.3) is 0 Å². The van der Waals surface area contributed by atoms with Crippen molar-refractivity contribution in [3.8, 4) is 0 Å². The summed E-state index contributed by atoms with van der Waals surface area (Å²) >= 11 is 0. The SMILES string of the molecule is CC(=CC=O)c1ccc(CC(C)C)cc1. The highest BCUT2D eigenvalue weighted by atomic mass is 16.1. The zero-order chi connectivity index (χ0) is 11.3. The smallest absolute Gasteiger partial charge is 0.143 e. The molecule has 15 heavy (non-hydrogen) atoms. The van der Waals surface area contributed by atoms with E-state index in [2.05, 4.69) is 38.1 Å². The number of allylic oxidation sites excluding steroid dienone is 2. The average Bonchev–Trinajstić information content (AvgIpc) is 2.18. The second kappa shape index (κ2) is 5.50. The third kappa shape index (κ3) is 3.70. The summed E-state index contributed by atoms with van der Waals surface area (Å²) in [5.74, 6) is 0.683. The molecule has 0 aliphatic rings. The van der Waals surface area contributed by atoms with Crippen LogP contribution in [0.2, 0.25) is 0 Å². The van der Waals surface area contributed by atoms with Crippen molar-refractivity contribution in [2.45, 2.75) is 27.2 Å². The van der Waals surface area contributed by atoms with Crippen LogP contribution >= 0.6 is 0 Å². The summed E-state index contributed by atoms with van der Waals surface area (Å²) in [5, 5.41) is 0. The molecule has 1 rings (SSSR count). The van der Waals surface area contributed by atoms with E-state index in [9.17, 15) is 4.79 Å². The first-order chi connectivity index (χ1) is 7.13. The van der Waals surface area contributed by atoms with Gasteiger partial charge in [-0.15, -0.1) is 0 Å². The van der Waals surface area contributed by atoms with Crippen LogP contribution in [0.15, 0.2) is 30.3 Å². The largest absolute Gasteiger partial charge is 0.299 e. The van der Waals surface area contributed by atoms with Crippen LogP contribution in [0, 0.1) is 5.92 Å². The summed E-state index contributed by atoms with van der Waals surface area (Å²) in [6.07, 6.45) is 3.53. The average molecular weight is 202 g/mol. The predicted octanol–water partition coefficient (Wildman–Crippen LogP) is 3.49. The Hall–Kier alpha value is -1.37. The summed E-state index contributed by atoms with van der Waals surface area (Å²) in [7, 11) is 0. The van der Waals surface area contributed by atoms with Crippen molar-refractivity contribution < 1.29 is 4.79 Å². The highest BCUT2D eigenvalue weighted by Crippen LogP contribution is 2.15. The lowest BCUT2D eigenvalue weighted by Crippen LogP contribution is -1.93. The second-order valence-electron chi connectivity index (χ2n) is 4.28. The maximum atomic E-state index is 10.3. The molecule has 1 nitrogen and oxygen atoms in total. The monoisotopic (exact) mass is 202 g/mol. The highest BCUT2D eigenvalue weighted by Gasteiger charge is 1.99. The van der Waals surface area contributed by atoms with Gasteiger partial charge in [0.1, 0.15) is 6.29 Å². The molecule has 0 saturated heterocycles. The Labute approximate surface area is 91.8 Å². The lowest BCUT2D eigenvalue weighted by molar-refractivity contribution is -0.104. The third-order valence-electron chi connectivity index (χ3n) is 2.37. The Morgan fingerprint density at radius 3 is 2.33 bits per heavy atom. The van der Waals surface area contributed by atoms with Crippen LogP contribution in [0.25, 0.3) is 5.57 Å². The molecule has 0 aliphatic carbocycles. The Balaban J connectivity index is 2.80. The fourth-order valence-corrected chi connectivity index (χ4v) is 1.57. The maximum absolute atomic E-state index is 10.3. The van der Waals surface area contributed by atoms with Crippen molar-refractivity contribution in [2.75, 3.05) is 0 Å². The van der Waals surface area contributed by atoms with Gasteiger partial charge in [-0.2, -0.15) is 0 Å². The van der Waals surface area contributed by atoms with Gasteiger partial charge >= 0.3 is 0 Å². The Kier molecular flexibility index (Phi) is 4.29. The highest BCUT2D eigenvalue weighted by molar-refractivity contribution is 5.80. The second-order valence-corrected chi connectivity index (χ2v) is 4.28. The Morgan fingerprint density at radius 1 is 1.27 bits per heavy atom. The molecule has 0 aromatic heterocycles. The van der Waals surface area contributed by atoms with Crippen LogP contribution < -0.4 is 0 Å². The number of rotatable bonds is 4. The maximum Gasteiger partial charge on any atom is 0.143 e. The van der Waals surface area contributed by atoms with E-state index < -0.39 is 0 Å². The summed E-state index contributed by atoms with van der Waals surface area (Å²) in [6.45, 7) is 6.38. The van der Waals surface area contributed by atoms with Crippen LogP contribution in [0.3, 0.4) is 0 Å². The van der Waals surface area contributed by atoms with Crippen molar-refractivity contribution in [1.29, 1.82) is 0 Å². The number of benzene rings is 1. The zero-order valence-corrected chi connectivity index (χ0v) is 9.66. The predicted molar refractivity (Wildman–Crippen MR) is 64.7 cm³/mol. The zero-order valence-electron chi connectivity index (χ0n) is 9.66. The molecule has 0 fully saturated rings. The molecular weight excluding hydrogens is 184 g/mol. The fourth-order valence-electron chi connectivity index (χ4n) is 1.57. The minimum absolute atomic E-state index is 0.683. The number of hydrogen-bond acceptors (Lipinski definition) is 1. The first-order valence-electron chi connectivity index (χ1n) is 5.35. The first kappa shape index (κ1) is 11.7. The van der Waals surface area contributed by atoms with Gasteiger partial charge in [-0.3, -0.25) is 4.79 Å². The lowest BCUT2D eigenvalue weighted by atomic mass is 10.00. The van der Waals surface area contributed by atoms with Gasteiger partial charge in [0.05, 0.1) is 0 Å². The molecule has 80 valence electrons. The summed E-state index contributed by atoms with van der Waals surface area (Å²) in [6, 6.07) is 8.43. The van der Waals surface area contributed by atoms with E-state index in [0.29, 0.717) is 5.92 Å². The van der Waals surface area contributed by atoms with Crippen LogP contribution in [0.1, 0.15) is 31.9 Å². The standard InChI is InChI=1S/C14H18O/c1-11(2)10-13-4-6-14(7-5-13)12(3)8-9-15/h4-9,11H,10H2,1-3H3. The minimum Gasteiger partial charge on any atom is -0.299 e. The molecule has 0 saturated carbocycles. The first-order valence-corrected chi connectivity index (χ1v) is 5.35. The third-order valence-corrected chi connectivity index (χ3v) is 2.37. The molecule has 0 radical (unpaired) electrons. The molecule has 0 spiro atoms. The van der Waals surface area contributed by atoms with E-state index in [4.69, 9.17) is 0 Å². The normalized spacial score (nSPS) is 11.9. The number of carbonyl (C=O) groups is 1. The lowest BCUT2D eigenvalue weighted by Gasteiger charge is -2.06. The molecule has 0 N–H and O–H groups in total. The topological polar surface area (TPSA) is 17.1 Å². The quantitative estimate of drug-likeness (QED) is 0.539.